The molecular formula is C22H30N4O. The second-order valence-corrected chi connectivity index (χ2v) is 7.92. The molecule has 1 N–H and O–H groups in total. The van der Waals surface area contributed by atoms with Gasteiger partial charge in [-0.05, 0) is 36.2 Å². The van der Waals surface area contributed by atoms with Crippen molar-refractivity contribution in [2.45, 2.75) is 31.8 Å². The van der Waals surface area contributed by atoms with Crippen molar-refractivity contribution >= 4 is 16.7 Å². The van der Waals surface area contributed by atoms with Gasteiger partial charge in [0, 0.05) is 51.7 Å². The lowest BCUT2D eigenvalue weighted by Gasteiger charge is -2.32. The van der Waals surface area contributed by atoms with Crippen molar-refractivity contribution in [3.8, 4) is 0 Å². The van der Waals surface area contributed by atoms with E-state index in [0.29, 0.717) is 12.5 Å². The van der Waals surface area contributed by atoms with E-state index in [1.807, 2.05) is 0 Å². The second-order valence-electron chi connectivity index (χ2n) is 7.92. The van der Waals surface area contributed by atoms with Gasteiger partial charge in [-0.1, -0.05) is 42.5 Å². The molecular weight excluding hydrogens is 336 g/mol. The Morgan fingerprint density at radius 3 is 2.59 bits per heavy atom. The molecule has 0 bridgehead atoms. The third kappa shape index (κ3) is 4.86. The Kier molecular flexibility index (Phi) is 5.72. The van der Waals surface area contributed by atoms with Crippen LogP contribution in [0.2, 0.25) is 0 Å². The van der Waals surface area contributed by atoms with Gasteiger partial charge < -0.3 is 4.90 Å². The predicted molar refractivity (Wildman–Crippen MR) is 109 cm³/mol. The van der Waals surface area contributed by atoms with Crippen molar-refractivity contribution in [2.75, 3.05) is 39.8 Å². The molecule has 4 rings (SSSR count). The molecule has 2 aromatic rings. The topological polar surface area (TPSA) is 38.8 Å². The third-order valence-electron chi connectivity index (χ3n) is 5.73. The molecule has 5 nitrogen and oxygen atoms in total. The van der Waals surface area contributed by atoms with Gasteiger partial charge >= 0.3 is 0 Å². The number of amides is 1. The first kappa shape index (κ1) is 18.4. The zero-order chi connectivity index (χ0) is 18.6. The summed E-state index contributed by atoms with van der Waals surface area (Å²) in [7, 11) is 2.12. The normalized spacial score (nSPS) is 18.9. The van der Waals surface area contributed by atoms with Crippen LogP contribution in [0.25, 0.3) is 10.8 Å². The van der Waals surface area contributed by atoms with Gasteiger partial charge in [0.2, 0.25) is 5.91 Å². The van der Waals surface area contributed by atoms with Crippen LogP contribution in [0.3, 0.4) is 0 Å². The van der Waals surface area contributed by atoms with Gasteiger partial charge in [0.1, 0.15) is 0 Å². The molecule has 0 aromatic heterocycles. The fourth-order valence-electron chi connectivity index (χ4n) is 3.88. The van der Waals surface area contributed by atoms with Crippen molar-refractivity contribution < 1.29 is 4.79 Å². The van der Waals surface area contributed by atoms with Crippen LogP contribution in [0.5, 0.6) is 0 Å². The number of carbonyl (C=O) groups is 1. The van der Waals surface area contributed by atoms with Crippen molar-refractivity contribution in [1.82, 2.24) is 20.2 Å². The third-order valence-corrected chi connectivity index (χ3v) is 5.73. The number of rotatable bonds is 7. The Morgan fingerprint density at radius 2 is 1.81 bits per heavy atom. The average molecular weight is 367 g/mol. The van der Waals surface area contributed by atoms with Crippen molar-refractivity contribution in [3.63, 3.8) is 0 Å². The summed E-state index contributed by atoms with van der Waals surface area (Å²) in [6.07, 6.45) is 3.07. The van der Waals surface area contributed by atoms with E-state index in [4.69, 9.17) is 0 Å². The number of nitrogens with one attached hydrogen (secondary N) is 1. The first-order valence-corrected chi connectivity index (χ1v) is 10.1. The summed E-state index contributed by atoms with van der Waals surface area (Å²) in [4.78, 5) is 17.2. The van der Waals surface area contributed by atoms with Crippen LogP contribution in [0, 0.1) is 0 Å². The van der Waals surface area contributed by atoms with Gasteiger partial charge in [-0.15, -0.1) is 0 Å². The van der Waals surface area contributed by atoms with Crippen LogP contribution in [-0.4, -0.2) is 66.5 Å². The summed E-state index contributed by atoms with van der Waals surface area (Å²) in [6.45, 7) is 5.58. The highest BCUT2D eigenvalue weighted by Crippen LogP contribution is 2.30. The van der Waals surface area contributed by atoms with Crippen molar-refractivity contribution in [1.29, 1.82) is 0 Å². The molecule has 1 saturated heterocycles. The second kappa shape index (κ2) is 8.38. The van der Waals surface area contributed by atoms with Gasteiger partial charge in [-0.2, -0.15) is 0 Å². The molecule has 1 aliphatic carbocycles. The van der Waals surface area contributed by atoms with E-state index < -0.39 is 0 Å². The van der Waals surface area contributed by atoms with Crippen LogP contribution in [0.4, 0.5) is 0 Å². The van der Waals surface area contributed by atoms with E-state index in [9.17, 15) is 4.79 Å². The number of hydrazine groups is 1. The van der Waals surface area contributed by atoms with Crippen molar-refractivity contribution in [3.05, 3.63) is 48.0 Å². The minimum absolute atomic E-state index is 0.142. The minimum atomic E-state index is 0.142. The maximum Gasteiger partial charge on any atom is 0.235 e. The molecule has 2 fully saturated rings. The molecule has 0 atom stereocenters. The summed E-state index contributed by atoms with van der Waals surface area (Å²) in [6, 6.07) is 15.7. The largest absolute Gasteiger partial charge is 0.304 e. The maximum absolute atomic E-state index is 12.4. The van der Waals surface area contributed by atoms with Crippen molar-refractivity contribution in [2.24, 2.45) is 0 Å². The number of hydrogen-bond donors (Lipinski definition) is 1. The molecule has 2 aliphatic rings. The van der Waals surface area contributed by atoms with E-state index in [2.05, 4.69) is 69.7 Å². The molecule has 0 radical (unpaired) electrons. The zero-order valence-electron chi connectivity index (χ0n) is 16.2. The highest BCUT2D eigenvalue weighted by atomic mass is 16.2. The Bertz CT molecular complexity index is 775. The molecule has 0 unspecified atom stereocenters. The zero-order valence-corrected chi connectivity index (χ0v) is 16.2. The smallest absolute Gasteiger partial charge is 0.235 e. The van der Waals surface area contributed by atoms with Gasteiger partial charge in [-0.3, -0.25) is 15.1 Å². The average Bonchev–Trinajstić information content (AvgIpc) is 3.52. The minimum Gasteiger partial charge on any atom is -0.304 e. The molecule has 144 valence electrons. The van der Waals surface area contributed by atoms with Crippen LogP contribution >= 0.6 is 0 Å². The fraction of sp³-hybridized carbons (Fsp3) is 0.500. The van der Waals surface area contributed by atoms with Gasteiger partial charge in [0.25, 0.3) is 0 Å². The van der Waals surface area contributed by atoms with E-state index in [-0.39, 0.29) is 5.91 Å². The standard InChI is InChI=1S/C22H30N4O/c1-24-13-15-26(16-14-24)23-22(27)11-12-25(20-9-10-20)17-19-7-4-6-18-5-2-3-8-21(18)19/h2-8,20H,9-17H2,1H3,(H,23,27). The SMILES string of the molecule is CN1CCN(NC(=O)CCN(Cc2cccc3ccccc23)C2CC2)CC1. The Morgan fingerprint density at radius 1 is 1.07 bits per heavy atom. The molecule has 27 heavy (non-hydrogen) atoms. The molecule has 5 heteroatoms. The fourth-order valence-corrected chi connectivity index (χ4v) is 3.88. The maximum atomic E-state index is 12.4. The number of carbonyl (C=O) groups excluding carboxylic acids is 1. The number of fused-ring (bicyclic) bond motifs is 1. The number of nitrogens with zero attached hydrogens (tertiary/aromatic N) is 3. The summed E-state index contributed by atoms with van der Waals surface area (Å²) in [5.41, 5.74) is 4.45. The molecule has 1 amide bonds. The lowest BCUT2D eigenvalue weighted by atomic mass is 10.0. The van der Waals surface area contributed by atoms with Gasteiger partial charge in [0.05, 0.1) is 0 Å². The molecule has 1 saturated carbocycles. The quantitative estimate of drug-likeness (QED) is 0.817. The first-order valence-electron chi connectivity index (χ1n) is 10.1. The van der Waals surface area contributed by atoms with E-state index in [1.54, 1.807) is 0 Å². The number of hydrogen-bond acceptors (Lipinski definition) is 4. The summed E-state index contributed by atoms with van der Waals surface area (Å²) in [5, 5.41) is 4.68. The van der Waals surface area contributed by atoms with Crippen LogP contribution < -0.4 is 5.43 Å². The summed E-state index contributed by atoms with van der Waals surface area (Å²) >= 11 is 0. The van der Waals surface area contributed by atoms with Crippen LogP contribution in [0.15, 0.2) is 42.5 Å². The van der Waals surface area contributed by atoms with E-state index >= 15 is 0 Å². The number of likely N-dealkylation sites (N-methyl/N-ethyl adjacent to an activating group) is 1. The molecule has 0 spiro atoms. The Hall–Kier alpha value is -1.95. The monoisotopic (exact) mass is 366 g/mol. The number of benzene rings is 2. The highest BCUT2D eigenvalue weighted by molar-refractivity contribution is 5.85. The van der Waals surface area contributed by atoms with Crippen LogP contribution in [-0.2, 0) is 11.3 Å². The molecule has 2 aromatic carbocycles. The Balaban J connectivity index is 1.34. The first-order chi connectivity index (χ1) is 13.2. The summed E-state index contributed by atoms with van der Waals surface area (Å²) < 4.78 is 0. The van der Waals surface area contributed by atoms with E-state index in [1.165, 1.54) is 29.2 Å². The summed E-state index contributed by atoms with van der Waals surface area (Å²) in [5.74, 6) is 0.142. The highest BCUT2D eigenvalue weighted by Gasteiger charge is 2.29. The molecule has 1 aliphatic heterocycles. The number of piperazine rings is 1. The van der Waals surface area contributed by atoms with Gasteiger partial charge in [-0.25, -0.2) is 5.01 Å². The van der Waals surface area contributed by atoms with Crippen LogP contribution in [0.1, 0.15) is 24.8 Å². The lowest BCUT2D eigenvalue weighted by Crippen LogP contribution is -2.52. The van der Waals surface area contributed by atoms with E-state index in [0.717, 1.165) is 39.3 Å². The Labute approximate surface area is 161 Å². The lowest BCUT2D eigenvalue weighted by molar-refractivity contribution is -0.127. The molecule has 1 heterocycles. The predicted octanol–water partition coefficient (Wildman–Crippen LogP) is 2.47. The van der Waals surface area contributed by atoms with Gasteiger partial charge in [0.15, 0.2) is 0 Å².